The lowest BCUT2D eigenvalue weighted by Crippen LogP contribution is -2.14. The van der Waals surface area contributed by atoms with Gasteiger partial charge in [-0.3, -0.25) is 0 Å². The summed E-state index contributed by atoms with van der Waals surface area (Å²) in [5, 5.41) is -0.252. The van der Waals surface area contributed by atoms with E-state index in [9.17, 15) is 8.42 Å². The van der Waals surface area contributed by atoms with E-state index in [1.807, 2.05) is 19.9 Å². The molecule has 0 bridgehead atoms. The van der Waals surface area contributed by atoms with E-state index in [0.717, 1.165) is 0 Å². The van der Waals surface area contributed by atoms with Crippen molar-refractivity contribution in [3.05, 3.63) is 11.6 Å². The molecule has 0 aliphatic carbocycles. The highest BCUT2D eigenvalue weighted by Crippen LogP contribution is 2.05. The fourth-order valence-corrected chi connectivity index (χ4v) is 1.02. The standard InChI is InChI=1S/C8H16O2S/c1-7(2)5-6-8(3)11(4,9)10/h5,8H,6H2,1-4H3. The second-order valence-corrected chi connectivity index (χ2v) is 5.62. The summed E-state index contributed by atoms with van der Waals surface area (Å²) in [6.07, 6.45) is 3.85. The molecule has 0 fully saturated rings. The molecule has 2 nitrogen and oxygen atoms in total. The first-order chi connectivity index (χ1) is 4.84. The van der Waals surface area contributed by atoms with Crippen LogP contribution < -0.4 is 0 Å². The van der Waals surface area contributed by atoms with Crippen molar-refractivity contribution in [2.45, 2.75) is 32.4 Å². The molecule has 0 aliphatic rings. The Morgan fingerprint density at radius 1 is 1.45 bits per heavy atom. The summed E-state index contributed by atoms with van der Waals surface area (Å²) in [6, 6.07) is 0. The first-order valence-corrected chi connectivity index (χ1v) is 5.61. The van der Waals surface area contributed by atoms with Gasteiger partial charge in [-0.25, -0.2) is 8.42 Å². The Labute approximate surface area is 69.2 Å². The molecule has 0 spiro atoms. The van der Waals surface area contributed by atoms with Gasteiger partial charge in [0.2, 0.25) is 0 Å². The van der Waals surface area contributed by atoms with Crippen LogP contribution in [-0.4, -0.2) is 19.9 Å². The van der Waals surface area contributed by atoms with Gasteiger partial charge < -0.3 is 0 Å². The van der Waals surface area contributed by atoms with Gasteiger partial charge in [0, 0.05) is 6.26 Å². The third-order valence-electron chi connectivity index (χ3n) is 1.59. The summed E-state index contributed by atoms with van der Waals surface area (Å²) in [4.78, 5) is 0. The number of rotatable bonds is 3. The molecule has 0 saturated heterocycles. The molecule has 0 aromatic carbocycles. The zero-order valence-electron chi connectivity index (χ0n) is 7.59. The molecule has 0 amide bonds. The summed E-state index contributed by atoms with van der Waals surface area (Å²) in [6.45, 7) is 5.67. The summed E-state index contributed by atoms with van der Waals surface area (Å²) < 4.78 is 21.8. The van der Waals surface area contributed by atoms with Crippen LogP contribution in [-0.2, 0) is 9.84 Å². The molecule has 1 unspecified atom stereocenters. The molecule has 11 heavy (non-hydrogen) atoms. The first kappa shape index (κ1) is 10.7. The van der Waals surface area contributed by atoms with E-state index >= 15 is 0 Å². The third-order valence-corrected chi connectivity index (χ3v) is 3.24. The molecule has 0 aliphatic heterocycles. The van der Waals surface area contributed by atoms with Crippen LogP contribution >= 0.6 is 0 Å². The average Bonchev–Trinajstić information content (AvgIpc) is 1.80. The first-order valence-electron chi connectivity index (χ1n) is 3.66. The van der Waals surface area contributed by atoms with E-state index in [2.05, 4.69) is 0 Å². The van der Waals surface area contributed by atoms with Crippen LogP contribution in [0.2, 0.25) is 0 Å². The van der Waals surface area contributed by atoms with Crippen LogP contribution in [0.3, 0.4) is 0 Å². The van der Waals surface area contributed by atoms with Crippen LogP contribution in [0, 0.1) is 0 Å². The number of hydrogen-bond acceptors (Lipinski definition) is 2. The molecule has 0 N–H and O–H groups in total. The number of hydrogen-bond donors (Lipinski definition) is 0. The van der Waals surface area contributed by atoms with Crippen LogP contribution in [0.1, 0.15) is 27.2 Å². The maximum atomic E-state index is 10.9. The van der Waals surface area contributed by atoms with Gasteiger partial charge >= 0.3 is 0 Å². The summed E-state index contributed by atoms with van der Waals surface area (Å²) in [7, 11) is -2.84. The van der Waals surface area contributed by atoms with Crippen molar-refractivity contribution in [3.8, 4) is 0 Å². The Morgan fingerprint density at radius 2 is 1.91 bits per heavy atom. The lowest BCUT2D eigenvalue weighted by Gasteiger charge is -2.04. The Bertz CT molecular complexity index is 233. The van der Waals surface area contributed by atoms with Crippen molar-refractivity contribution in [1.29, 1.82) is 0 Å². The van der Waals surface area contributed by atoms with Gasteiger partial charge in [0.05, 0.1) is 5.25 Å². The Hall–Kier alpha value is -0.310. The molecule has 0 aromatic rings. The molecule has 0 saturated carbocycles. The summed E-state index contributed by atoms with van der Waals surface area (Å²) in [5.74, 6) is 0. The monoisotopic (exact) mass is 176 g/mol. The van der Waals surface area contributed by atoms with Crippen LogP contribution in [0.5, 0.6) is 0 Å². The van der Waals surface area contributed by atoms with Gasteiger partial charge in [-0.05, 0) is 27.2 Å². The smallest absolute Gasteiger partial charge is 0.150 e. The maximum absolute atomic E-state index is 10.9. The highest BCUT2D eigenvalue weighted by molar-refractivity contribution is 7.91. The summed E-state index contributed by atoms with van der Waals surface area (Å²) >= 11 is 0. The summed E-state index contributed by atoms with van der Waals surface area (Å²) in [5.41, 5.74) is 1.17. The van der Waals surface area contributed by atoms with Crippen molar-refractivity contribution < 1.29 is 8.42 Å². The van der Waals surface area contributed by atoms with Gasteiger partial charge in [0.1, 0.15) is 9.84 Å². The molecular weight excluding hydrogens is 160 g/mol. The van der Waals surface area contributed by atoms with Gasteiger partial charge in [-0.1, -0.05) is 11.6 Å². The van der Waals surface area contributed by atoms with Crippen LogP contribution in [0.4, 0.5) is 0 Å². The van der Waals surface area contributed by atoms with Gasteiger partial charge in [-0.15, -0.1) is 0 Å². The van der Waals surface area contributed by atoms with E-state index in [1.165, 1.54) is 11.8 Å². The van der Waals surface area contributed by atoms with Crippen LogP contribution in [0.15, 0.2) is 11.6 Å². The lowest BCUT2D eigenvalue weighted by atomic mass is 10.2. The van der Waals surface area contributed by atoms with E-state index in [4.69, 9.17) is 0 Å². The molecule has 0 aromatic heterocycles. The van der Waals surface area contributed by atoms with E-state index < -0.39 is 9.84 Å². The Balaban J connectivity index is 4.11. The van der Waals surface area contributed by atoms with E-state index in [0.29, 0.717) is 6.42 Å². The van der Waals surface area contributed by atoms with Gasteiger partial charge in [0.15, 0.2) is 0 Å². The zero-order chi connectivity index (χ0) is 9.07. The Morgan fingerprint density at radius 3 is 2.18 bits per heavy atom. The topological polar surface area (TPSA) is 34.1 Å². The second-order valence-electron chi connectivity index (χ2n) is 3.16. The van der Waals surface area contributed by atoms with Gasteiger partial charge in [0.25, 0.3) is 0 Å². The largest absolute Gasteiger partial charge is 0.229 e. The maximum Gasteiger partial charge on any atom is 0.150 e. The molecule has 0 heterocycles. The highest BCUT2D eigenvalue weighted by atomic mass is 32.2. The quantitative estimate of drug-likeness (QED) is 0.614. The van der Waals surface area contributed by atoms with E-state index in [-0.39, 0.29) is 5.25 Å². The lowest BCUT2D eigenvalue weighted by molar-refractivity contribution is 0.589. The zero-order valence-corrected chi connectivity index (χ0v) is 8.40. The van der Waals surface area contributed by atoms with Crippen molar-refractivity contribution in [3.63, 3.8) is 0 Å². The molecule has 66 valence electrons. The molecule has 0 rings (SSSR count). The molecule has 1 atom stereocenters. The molecule has 3 heteroatoms. The van der Waals surface area contributed by atoms with E-state index in [1.54, 1.807) is 6.92 Å². The molecule has 0 radical (unpaired) electrons. The normalized spacial score (nSPS) is 14.2. The van der Waals surface area contributed by atoms with Crippen molar-refractivity contribution in [2.24, 2.45) is 0 Å². The van der Waals surface area contributed by atoms with Crippen molar-refractivity contribution in [2.75, 3.05) is 6.26 Å². The minimum atomic E-state index is -2.84. The van der Waals surface area contributed by atoms with Crippen LogP contribution in [0.25, 0.3) is 0 Å². The fraction of sp³-hybridized carbons (Fsp3) is 0.750. The minimum absolute atomic E-state index is 0.252. The fourth-order valence-electron chi connectivity index (χ4n) is 0.576. The third kappa shape index (κ3) is 5.01. The van der Waals surface area contributed by atoms with Crippen molar-refractivity contribution >= 4 is 9.84 Å². The average molecular weight is 176 g/mol. The number of allylic oxidation sites excluding steroid dienone is 2. The minimum Gasteiger partial charge on any atom is -0.229 e. The van der Waals surface area contributed by atoms with Crippen molar-refractivity contribution in [1.82, 2.24) is 0 Å². The predicted octanol–water partition coefficient (Wildman–Crippen LogP) is 1.78. The predicted molar refractivity (Wildman–Crippen MR) is 48.4 cm³/mol. The SMILES string of the molecule is CC(C)=CCC(C)S(C)(=O)=O. The Kier molecular flexibility index (Phi) is 3.79. The molecular formula is C8H16O2S. The number of sulfone groups is 1. The highest BCUT2D eigenvalue weighted by Gasteiger charge is 2.12. The van der Waals surface area contributed by atoms with Gasteiger partial charge in [-0.2, -0.15) is 0 Å². The second kappa shape index (κ2) is 3.90.